The topological polar surface area (TPSA) is 89.3 Å². The molecule has 0 fully saturated rings. The molecule has 0 saturated heterocycles. The first kappa shape index (κ1) is 14.7. The summed E-state index contributed by atoms with van der Waals surface area (Å²) < 4.78 is 25.2. The van der Waals surface area contributed by atoms with E-state index >= 15 is 0 Å². The fourth-order valence-electron chi connectivity index (χ4n) is 1.62. The Kier molecular flexibility index (Phi) is 4.89. The molecule has 0 atom stereocenters. The summed E-state index contributed by atoms with van der Waals surface area (Å²) in [6.45, 7) is 4.44. The van der Waals surface area contributed by atoms with E-state index in [1.807, 2.05) is 13.8 Å². The highest BCUT2D eigenvalue weighted by Gasteiger charge is 2.17. The van der Waals surface area contributed by atoms with Crippen molar-refractivity contribution in [3.05, 3.63) is 17.5 Å². The number of nitrogens with zero attached hydrogens (tertiary/aromatic N) is 2. The SMILES string of the molecule is CCc1cc(CS(=O)(=O)CCC(=O)O)n(CC)n1. The highest BCUT2D eigenvalue weighted by molar-refractivity contribution is 7.90. The van der Waals surface area contributed by atoms with Gasteiger partial charge in [0.1, 0.15) is 0 Å². The van der Waals surface area contributed by atoms with E-state index in [1.54, 1.807) is 10.7 Å². The van der Waals surface area contributed by atoms with Crippen molar-refractivity contribution in [3.8, 4) is 0 Å². The van der Waals surface area contributed by atoms with Crippen LogP contribution in [0.4, 0.5) is 0 Å². The molecule has 0 radical (unpaired) electrons. The summed E-state index contributed by atoms with van der Waals surface area (Å²) in [6.07, 6.45) is 0.387. The average molecular weight is 274 g/mol. The number of carboxylic acid groups (broad SMARTS) is 1. The molecule has 0 saturated carbocycles. The Balaban J connectivity index is 2.82. The lowest BCUT2D eigenvalue weighted by atomic mass is 10.3. The summed E-state index contributed by atoms with van der Waals surface area (Å²) >= 11 is 0. The van der Waals surface area contributed by atoms with E-state index in [0.717, 1.165) is 12.1 Å². The van der Waals surface area contributed by atoms with Crippen molar-refractivity contribution in [2.24, 2.45) is 0 Å². The van der Waals surface area contributed by atoms with Gasteiger partial charge in [0.25, 0.3) is 0 Å². The van der Waals surface area contributed by atoms with E-state index < -0.39 is 15.8 Å². The number of aryl methyl sites for hydroxylation is 2. The Morgan fingerprint density at radius 1 is 1.44 bits per heavy atom. The van der Waals surface area contributed by atoms with Crippen LogP contribution < -0.4 is 0 Å². The molecule has 0 unspecified atom stereocenters. The van der Waals surface area contributed by atoms with Crippen molar-refractivity contribution >= 4 is 15.8 Å². The van der Waals surface area contributed by atoms with Gasteiger partial charge in [0, 0.05) is 6.54 Å². The normalized spacial score (nSPS) is 11.7. The summed E-state index contributed by atoms with van der Waals surface area (Å²) in [5.74, 6) is -1.59. The van der Waals surface area contributed by atoms with Gasteiger partial charge in [0.15, 0.2) is 9.84 Å². The molecule has 1 N–H and O–H groups in total. The van der Waals surface area contributed by atoms with Crippen LogP contribution >= 0.6 is 0 Å². The lowest BCUT2D eigenvalue weighted by molar-refractivity contribution is -0.136. The van der Waals surface area contributed by atoms with Gasteiger partial charge in [-0.15, -0.1) is 0 Å². The van der Waals surface area contributed by atoms with Crippen LogP contribution in [0.3, 0.4) is 0 Å². The zero-order chi connectivity index (χ0) is 13.8. The molecule has 7 heteroatoms. The molecule has 1 aromatic rings. The molecular formula is C11H18N2O4S. The van der Waals surface area contributed by atoms with E-state index in [4.69, 9.17) is 5.11 Å². The molecule has 1 rings (SSSR count). The highest BCUT2D eigenvalue weighted by atomic mass is 32.2. The van der Waals surface area contributed by atoms with Crippen molar-refractivity contribution in [2.75, 3.05) is 5.75 Å². The minimum absolute atomic E-state index is 0.152. The molecule has 0 bridgehead atoms. The maximum atomic E-state index is 11.8. The third-order valence-electron chi connectivity index (χ3n) is 2.57. The van der Waals surface area contributed by atoms with Gasteiger partial charge in [-0.25, -0.2) is 8.42 Å². The Morgan fingerprint density at radius 3 is 2.61 bits per heavy atom. The molecule has 0 aliphatic carbocycles. The zero-order valence-corrected chi connectivity index (χ0v) is 11.4. The summed E-state index contributed by atoms with van der Waals surface area (Å²) in [7, 11) is -3.40. The van der Waals surface area contributed by atoms with Crippen molar-refractivity contribution in [2.45, 2.75) is 39.0 Å². The highest BCUT2D eigenvalue weighted by Crippen LogP contribution is 2.11. The van der Waals surface area contributed by atoms with E-state index in [9.17, 15) is 13.2 Å². The molecule has 0 aliphatic heterocycles. The summed E-state index contributed by atoms with van der Waals surface area (Å²) in [5.41, 5.74) is 1.47. The number of aliphatic carboxylic acids is 1. The number of sulfone groups is 1. The third-order valence-corrected chi connectivity index (χ3v) is 4.13. The Bertz CT molecular complexity index is 519. The zero-order valence-electron chi connectivity index (χ0n) is 10.6. The number of hydrogen-bond donors (Lipinski definition) is 1. The Labute approximate surface area is 107 Å². The molecule has 0 aliphatic rings. The van der Waals surface area contributed by atoms with Crippen LogP contribution in [-0.2, 0) is 33.4 Å². The van der Waals surface area contributed by atoms with Crippen LogP contribution in [0, 0.1) is 0 Å². The summed E-state index contributed by atoms with van der Waals surface area (Å²) in [4.78, 5) is 10.4. The van der Waals surface area contributed by atoms with E-state index in [0.29, 0.717) is 12.2 Å². The molecule has 0 amide bonds. The summed E-state index contributed by atoms with van der Waals surface area (Å²) in [5, 5.41) is 12.8. The van der Waals surface area contributed by atoms with Gasteiger partial charge < -0.3 is 5.11 Å². The largest absolute Gasteiger partial charge is 0.481 e. The monoisotopic (exact) mass is 274 g/mol. The number of carbonyl (C=O) groups is 1. The molecule has 0 spiro atoms. The van der Waals surface area contributed by atoms with Crippen LogP contribution in [0.1, 0.15) is 31.7 Å². The van der Waals surface area contributed by atoms with Gasteiger partial charge in [-0.1, -0.05) is 6.92 Å². The van der Waals surface area contributed by atoms with Crippen LogP contribution in [0.2, 0.25) is 0 Å². The number of carboxylic acids is 1. The maximum absolute atomic E-state index is 11.8. The van der Waals surface area contributed by atoms with Crippen molar-refractivity contribution in [1.82, 2.24) is 9.78 Å². The number of hydrogen-bond acceptors (Lipinski definition) is 4. The molecular weight excluding hydrogens is 256 g/mol. The van der Waals surface area contributed by atoms with Gasteiger partial charge in [-0.2, -0.15) is 5.10 Å². The van der Waals surface area contributed by atoms with E-state index in [2.05, 4.69) is 5.10 Å². The van der Waals surface area contributed by atoms with Gasteiger partial charge >= 0.3 is 5.97 Å². The van der Waals surface area contributed by atoms with Crippen LogP contribution in [0.5, 0.6) is 0 Å². The average Bonchev–Trinajstić information content (AvgIpc) is 2.68. The fraction of sp³-hybridized carbons (Fsp3) is 0.636. The quantitative estimate of drug-likeness (QED) is 0.796. The van der Waals surface area contributed by atoms with Crippen LogP contribution in [-0.4, -0.2) is 35.0 Å². The second kappa shape index (κ2) is 5.99. The standard InChI is InChI=1S/C11H18N2O4S/c1-3-9-7-10(13(4-2)12-9)8-18(16,17)6-5-11(14)15/h7H,3-6,8H2,1-2H3,(H,14,15). The number of aromatic nitrogens is 2. The second-order valence-corrected chi connectivity index (χ2v) is 6.22. The van der Waals surface area contributed by atoms with Gasteiger partial charge in [-0.3, -0.25) is 9.48 Å². The van der Waals surface area contributed by atoms with Crippen molar-refractivity contribution < 1.29 is 18.3 Å². The Morgan fingerprint density at radius 2 is 2.11 bits per heavy atom. The predicted molar refractivity (Wildman–Crippen MR) is 67.0 cm³/mol. The second-order valence-electron chi connectivity index (χ2n) is 4.03. The smallest absolute Gasteiger partial charge is 0.304 e. The molecule has 0 aromatic carbocycles. The molecule has 102 valence electrons. The minimum Gasteiger partial charge on any atom is -0.481 e. The van der Waals surface area contributed by atoms with E-state index in [-0.39, 0.29) is 17.9 Å². The van der Waals surface area contributed by atoms with Crippen LogP contribution in [0.15, 0.2) is 6.07 Å². The third kappa shape index (κ3) is 4.14. The van der Waals surface area contributed by atoms with Crippen molar-refractivity contribution in [3.63, 3.8) is 0 Å². The molecule has 1 heterocycles. The Hall–Kier alpha value is -1.37. The number of rotatable bonds is 7. The first-order chi connectivity index (χ1) is 8.38. The van der Waals surface area contributed by atoms with Gasteiger partial charge in [0.05, 0.1) is 29.3 Å². The molecule has 1 aromatic heterocycles. The van der Waals surface area contributed by atoms with E-state index in [1.165, 1.54) is 0 Å². The first-order valence-corrected chi connectivity index (χ1v) is 7.68. The van der Waals surface area contributed by atoms with Gasteiger partial charge in [-0.05, 0) is 19.4 Å². The van der Waals surface area contributed by atoms with Gasteiger partial charge in [0.2, 0.25) is 0 Å². The van der Waals surface area contributed by atoms with Crippen molar-refractivity contribution in [1.29, 1.82) is 0 Å². The molecule has 6 nitrogen and oxygen atoms in total. The van der Waals surface area contributed by atoms with Crippen LogP contribution in [0.25, 0.3) is 0 Å². The first-order valence-electron chi connectivity index (χ1n) is 5.85. The minimum atomic E-state index is -3.40. The molecule has 18 heavy (non-hydrogen) atoms. The maximum Gasteiger partial charge on any atom is 0.304 e. The lowest BCUT2D eigenvalue weighted by Crippen LogP contribution is -2.15. The predicted octanol–water partition coefficient (Wildman–Crippen LogP) is 0.855. The lowest BCUT2D eigenvalue weighted by Gasteiger charge is -2.05. The summed E-state index contributed by atoms with van der Waals surface area (Å²) in [6, 6.07) is 1.77. The fourth-order valence-corrected chi connectivity index (χ4v) is 2.93.